The molecule has 1 aliphatic rings. The third-order valence-corrected chi connectivity index (χ3v) is 6.07. The van der Waals surface area contributed by atoms with Gasteiger partial charge in [-0.3, -0.25) is 9.48 Å². The van der Waals surface area contributed by atoms with E-state index < -0.39 is 0 Å². The summed E-state index contributed by atoms with van der Waals surface area (Å²) in [5.74, 6) is -0.256. The molecule has 1 fully saturated rings. The van der Waals surface area contributed by atoms with Crippen LogP contribution in [0.3, 0.4) is 0 Å². The molecule has 0 radical (unpaired) electrons. The number of hydrogen-bond acceptors (Lipinski definition) is 6. The minimum absolute atomic E-state index is 0.00498. The van der Waals surface area contributed by atoms with Gasteiger partial charge in [-0.1, -0.05) is 19.9 Å². The van der Waals surface area contributed by atoms with Crippen LogP contribution in [0.1, 0.15) is 37.2 Å². The molecule has 1 saturated heterocycles. The van der Waals surface area contributed by atoms with Crippen molar-refractivity contribution in [1.29, 1.82) is 0 Å². The number of anilines is 2. The Balaban J connectivity index is 1.52. The van der Waals surface area contributed by atoms with E-state index in [1.54, 1.807) is 23.7 Å². The number of nitrogens with two attached hydrogens (primary N) is 1. The van der Waals surface area contributed by atoms with Gasteiger partial charge < -0.3 is 16.0 Å². The Bertz CT molecular complexity index is 1060. The number of carbonyl (C=O) groups is 1. The molecule has 0 saturated carbocycles. The van der Waals surface area contributed by atoms with Gasteiger partial charge in [-0.05, 0) is 30.9 Å². The normalized spacial score (nSPS) is 16.7. The van der Waals surface area contributed by atoms with Crippen LogP contribution in [-0.4, -0.2) is 39.8 Å². The highest BCUT2D eigenvalue weighted by atomic mass is 32.1. The second kappa shape index (κ2) is 9.15. The summed E-state index contributed by atoms with van der Waals surface area (Å²) in [5, 5.41) is 9.63. The predicted octanol–water partition coefficient (Wildman–Crippen LogP) is 3.98. The number of hydrogen-bond donors (Lipinski definition) is 2. The standard InChI is InChI=1S/C22H27FN6OS/c1-14(2)10-29-11-15(9-25-29)22-27-19(13-31-22)21(30)26-18-7-3-6-17(23)20(18)28-8-4-5-16(24)12-28/h3,6-7,9,11,13-14,16H,4-5,8,10,12,24H2,1-2H3,(H,26,30). The lowest BCUT2D eigenvalue weighted by Gasteiger charge is -2.34. The Hall–Kier alpha value is -2.78. The van der Waals surface area contributed by atoms with Gasteiger partial charge in [0, 0.05) is 42.8 Å². The number of benzene rings is 1. The number of carbonyl (C=O) groups excluding carboxylic acids is 1. The zero-order chi connectivity index (χ0) is 22.0. The molecular formula is C22H27FN6OS. The van der Waals surface area contributed by atoms with E-state index in [0.29, 0.717) is 36.1 Å². The van der Waals surface area contributed by atoms with E-state index in [1.165, 1.54) is 17.4 Å². The second-order valence-corrected chi connectivity index (χ2v) is 9.18. The number of nitrogens with zero attached hydrogens (tertiary/aromatic N) is 4. The summed E-state index contributed by atoms with van der Waals surface area (Å²) >= 11 is 1.38. The highest BCUT2D eigenvalue weighted by Crippen LogP contribution is 2.32. The molecule has 2 aromatic heterocycles. The number of amides is 1. The summed E-state index contributed by atoms with van der Waals surface area (Å²) in [5.41, 5.74) is 8.06. The van der Waals surface area contributed by atoms with Gasteiger partial charge in [-0.15, -0.1) is 11.3 Å². The van der Waals surface area contributed by atoms with Crippen LogP contribution in [0.4, 0.5) is 15.8 Å². The fourth-order valence-corrected chi connectivity index (χ4v) is 4.57. The van der Waals surface area contributed by atoms with Crippen molar-refractivity contribution in [3.05, 3.63) is 47.5 Å². The minimum Gasteiger partial charge on any atom is -0.366 e. The van der Waals surface area contributed by atoms with Crippen molar-refractivity contribution in [3.8, 4) is 10.6 Å². The summed E-state index contributed by atoms with van der Waals surface area (Å²) in [6, 6.07) is 4.70. The molecule has 1 aliphatic heterocycles. The Morgan fingerprint density at radius 1 is 1.42 bits per heavy atom. The van der Waals surface area contributed by atoms with Gasteiger partial charge in [0.05, 0.1) is 17.6 Å². The first-order valence-corrected chi connectivity index (χ1v) is 11.4. The summed E-state index contributed by atoms with van der Waals surface area (Å²) in [6.07, 6.45) is 5.50. The third kappa shape index (κ3) is 4.94. The number of nitrogens with one attached hydrogen (secondary N) is 1. The lowest BCUT2D eigenvalue weighted by molar-refractivity contribution is 0.102. The van der Waals surface area contributed by atoms with E-state index in [4.69, 9.17) is 5.73 Å². The molecule has 1 amide bonds. The van der Waals surface area contributed by atoms with Crippen LogP contribution in [-0.2, 0) is 6.54 Å². The lowest BCUT2D eigenvalue weighted by Crippen LogP contribution is -2.43. The maximum atomic E-state index is 14.7. The van der Waals surface area contributed by atoms with Gasteiger partial charge in [0.1, 0.15) is 16.5 Å². The van der Waals surface area contributed by atoms with Crippen LogP contribution in [0, 0.1) is 11.7 Å². The third-order valence-electron chi connectivity index (χ3n) is 5.18. The molecule has 7 nitrogen and oxygen atoms in total. The first-order chi connectivity index (χ1) is 14.9. The zero-order valence-electron chi connectivity index (χ0n) is 17.7. The molecule has 0 bridgehead atoms. The molecule has 4 rings (SSSR count). The Labute approximate surface area is 185 Å². The average Bonchev–Trinajstić information content (AvgIpc) is 3.37. The molecule has 1 unspecified atom stereocenters. The van der Waals surface area contributed by atoms with Gasteiger partial charge in [-0.2, -0.15) is 5.10 Å². The number of aromatic nitrogens is 3. The number of thiazole rings is 1. The van der Waals surface area contributed by atoms with E-state index >= 15 is 0 Å². The van der Waals surface area contributed by atoms with Crippen molar-refractivity contribution in [2.45, 2.75) is 39.3 Å². The van der Waals surface area contributed by atoms with E-state index in [-0.39, 0.29) is 17.8 Å². The van der Waals surface area contributed by atoms with Crippen LogP contribution in [0.2, 0.25) is 0 Å². The highest BCUT2D eigenvalue weighted by Gasteiger charge is 2.23. The maximum absolute atomic E-state index is 14.7. The van der Waals surface area contributed by atoms with Gasteiger partial charge in [0.2, 0.25) is 0 Å². The van der Waals surface area contributed by atoms with Crippen molar-refractivity contribution in [1.82, 2.24) is 14.8 Å². The zero-order valence-corrected chi connectivity index (χ0v) is 18.5. The van der Waals surface area contributed by atoms with Crippen molar-refractivity contribution < 1.29 is 9.18 Å². The Kier molecular flexibility index (Phi) is 6.33. The summed E-state index contributed by atoms with van der Waals surface area (Å²) in [7, 11) is 0. The topological polar surface area (TPSA) is 89.1 Å². The first kappa shape index (κ1) is 21.5. The summed E-state index contributed by atoms with van der Waals surface area (Å²) in [4.78, 5) is 19.2. The van der Waals surface area contributed by atoms with Gasteiger partial charge in [-0.25, -0.2) is 9.37 Å². The van der Waals surface area contributed by atoms with Gasteiger partial charge in [0.15, 0.2) is 0 Å². The van der Waals surface area contributed by atoms with Gasteiger partial charge >= 0.3 is 0 Å². The smallest absolute Gasteiger partial charge is 0.275 e. The lowest BCUT2D eigenvalue weighted by atomic mass is 10.1. The van der Waals surface area contributed by atoms with Crippen molar-refractivity contribution in [2.75, 3.05) is 23.3 Å². The van der Waals surface area contributed by atoms with Crippen molar-refractivity contribution in [3.63, 3.8) is 0 Å². The predicted molar refractivity (Wildman–Crippen MR) is 122 cm³/mol. The highest BCUT2D eigenvalue weighted by molar-refractivity contribution is 7.13. The van der Waals surface area contributed by atoms with E-state index in [2.05, 4.69) is 29.2 Å². The summed E-state index contributed by atoms with van der Waals surface area (Å²) in [6.45, 7) is 6.35. The second-order valence-electron chi connectivity index (χ2n) is 8.32. The fourth-order valence-electron chi connectivity index (χ4n) is 3.80. The number of para-hydroxylation sites is 1. The van der Waals surface area contributed by atoms with E-state index in [1.807, 2.05) is 15.8 Å². The molecule has 1 aromatic carbocycles. The molecule has 3 aromatic rings. The number of rotatable bonds is 6. The molecule has 0 aliphatic carbocycles. The molecule has 31 heavy (non-hydrogen) atoms. The molecule has 0 spiro atoms. The summed E-state index contributed by atoms with van der Waals surface area (Å²) < 4.78 is 16.6. The van der Waals surface area contributed by atoms with E-state index in [9.17, 15) is 9.18 Å². The van der Waals surface area contributed by atoms with Crippen LogP contribution in [0.15, 0.2) is 36.0 Å². The number of piperidine rings is 1. The van der Waals surface area contributed by atoms with Crippen molar-refractivity contribution in [2.24, 2.45) is 11.7 Å². The van der Waals surface area contributed by atoms with E-state index in [0.717, 1.165) is 30.0 Å². The molecule has 1 atom stereocenters. The molecule has 3 N–H and O–H groups in total. The van der Waals surface area contributed by atoms with Crippen LogP contribution in [0.5, 0.6) is 0 Å². The maximum Gasteiger partial charge on any atom is 0.275 e. The molecular weight excluding hydrogens is 415 g/mol. The van der Waals surface area contributed by atoms with Crippen LogP contribution >= 0.6 is 11.3 Å². The molecule has 3 heterocycles. The molecule has 9 heteroatoms. The Morgan fingerprint density at radius 2 is 2.26 bits per heavy atom. The SMILES string of the molecule is CC(C)Cn1cc(-c2nc(C(=O)Nc3cccc(F)c3N3CCCC(N)C3)cs2)cn1. The minimum atomic E-state index is -0.372. The monoisotopic (exact) mass is 442 g/mol. The Morgan fingerprint density at radius 3 is 3.03 bits per heavy atom. The van der Waals surface area contributed by atoms with Crippen LogP contribution in [0.25, 0.3) is 10.6 Å². The van der Waals surface area contributed by atoms with Crippen LogP contribution < -0.4 is 16.0 Å². The van der Waals surface area contributed by atoms with Crippen molar-refractivity contribution >= 4 is 28.6 Å². The van der Waals surface area contributed by atoms with Gasteiger partial charge in [0.25, 0.3) is 5.91 Å². The average molecular weight is 443 g/mol. The first-order valence-electron chi connectivity index (χ1n) is 10.5. The largest absolute Gasteiger partial charge is 0.366 e. The number of halogens is 1. The molecule has 164 valence electrons. The fraction of sp³-hybridized carbons (Fsp3) is 0.409. The quantitative estimate of drug-likeness (QED) is 0.603.